The molecule has 0 aliphatic carbocycles. The van der Waals surface area contributed by atoms with E-state index in [4.69, 9.17) is 18.0 Å². The lowest BCUT2D eigenvalue weighted by Crippen LogP contribution is -2.28. The minimum absolute atomic E-state index is 0.0837. The van der Waals surface area contributed by atoms with Gasteiger partial charge in [0.1, 0.15) is 0 Å². The van der Waals surface area contributed by atoms with Crippen LogP contribution in [0, 0.1) is 12.3 Å². The summed E-state index contributed by atoms with van der Waals surface area (Å²) in [6.07, 6.45) is 5.04. The van der Waals surface area contributed by atoms with Gasteiger partial charge in [-0.05, 0) is 18.2 Å². The van der Waals surface area contributed by atoms with Gasteiger partial charge < -0.3 is 10.1 Å². The van der Waals surface area contributed by atoms with Crippen LogP contribution in [0.15, 0.2) is 18.2 Å². The number of benzene rings is 1. The summed E-state index contributed by atoms with van der Waals surface area (Å²) in [6, 6.07) is 4.55. The van der Waals surface area contributed by atoms with E-state index in [0.717, 1.165) is 0 Å². The Kier molecular flexibility index (Phi) is 5.86. The first-order valence-electron chi connectivity index (χ1n) is 5.40. The van der Waals surface area contributed by atoms with Crippen molar-refractivity contribution in [3.63, 3.8) is 0 Å². The van der Waals surface area contributed by atoms with E-state index in [2.05, 4.69) is 21.3 Å². The summed E-state index contributed by atoms with van der Waals surface area (Å²) in [6.45, 7) is 0.391. The number of esters is 1. The quantitative estimate of drug-likeness (QED) is 0.484. The average Bonchev–Trinajstić information content (AvgIpc) is 2.40. The van der Waals surface area contributed by atoms with Gasteiger partial charge in [-0.25, -0.2) is 4.79 Å². The van der Waals surface area contributed by atoms with Crippen LogP contribution in [0.4, 0.5) is 5.69 Å². The number of methoxy groups -OCH3 is 1. The van der Waals surface area contributed by atoms with Crippen LogP contribution in [0.3, 0.4) is 0 Å². The maximum Gasteiger partial charge on any atom is 0.339 e. The SMILES string of the molecule is C#CCNCC(=O)Nc1ccc(Cl)c(C(=O)OC)c1. The van der Waals surface area contributed by atoms with Crippen LogP contribution in [0.25, 0.3) is 0 Å². The summed E-state index contributed by atoms with van der Waals surface area (Å²) in [4.78, 5) is 23.0. The molecule has 0 spiro atoms. The van der Waals surface area contributed by atoms with E-state index in [1.807, 2.05) is 0 Å². The van der Waals surface area contributed by atoms with Crippen LogP contribution in [0.2, 0.25) is 5.02 Å². The van der Waals surface area contributed by atoms with Gasteiger partial charge in [-0.2, -0.15) is 0 Å². The largest absolute Gasteiger partial charge is 0.465 e. The minimum atomic E-state index is -0.563. The van der Waals surface area contributed by atoms with E-state index in [0.29, 0.717) is 12.2 Å². The van der Waals surface area contributed by atoms with Crippen molar-refractivity contribution in [2.24, 2.45) is 0 Å². The zero-order valence-electron chi connectivity index (χ0n) is 10.3. The molecule has 0 heterocycles. The van der Waals surface area contributed by atoms with Crippen LogP contribution in [-0.2, 0) is 9.53 Å². The Morgan fingerprint density at radius 3 is 2.84 bits per heavy atom. The molecule has 6 heteroatoms. The molecule has 0 fully saturated rings. The number of ether oxygens (including phenoxy) is 1. The molecule has 0 aliphatic heterocycles. The second-order valence-corrected chi connectivity index (χ2v) is 3.95. The first-order valence-corrected chi connectivity index (χ1v) is 5.78. The van der Waals surface area contributed by atoms with Crippen molar-refractivity contribution in [1.82, 2.24) is 5.32 Å². The molecule has 0 aliphatic rings. The molecular formula is C13H13ClN2O3. The lowest BCUT2D eigenvalue weighted by atomic mass is 10.2. The number of amides is 1. The fourth-order valence-corrected chi connectivity index (χ4v) is 1.52. The third kappa shape index (κ3) is 4.62. The molecule has 0 bridgehead atoms. The van der Waals surface area contributed by atoms with Crippen molar-refractivity contribution in [2.45, 2.75) is 0 Å². The van der Waals surface area contributed by atoms with Crippen molar-refractivity contribution in [3.8, 4) is 12.3 Å². The van der Waals surface area contributed by atoms with Crippen LogP contribution in [-0.4, -0.2) is 32.1 Å². The normalized spacial score (nSPS) is 9.53. The molecule has 2 N–H and O–H groups in total. The van der Waals surface area contributed by atoms with Crippen molar-refractivity contribution >= 4 is 29.2 Å². The number of carbonyl (C=O) groups is 2. The van der Waals surface area contributed by atoms with E-state index in [-0.39, 0.29) is 23.0 Å². The monoisotopic (exact) mass is 280 g/mol. The zero-order chi connectivity index (χ0) is 14.3. The summed E-state index contributed by atoms with van der Waals surface area (Å²) >= 11 is 5.86. The second-order valence-electron chi connectivity index (χ2n) is 3.54. The van der Waals surface area contributed by atoms with Gasteiger partial charge in [-0.15, -0.1) is 6.42 Å². The molecule has 5 nitrogen and oxygen atoms in total. The van der Waals surface area contributed by atoms with Crippen molar-refractivity contribution in [3.05, 3.63) is 28.8 Å². The maximum atomic E-state index is 11.5. The van der Waals surface area contributed by atoms with Crippen LogP contribution < -0.4 is 10.6 Å². The van der Waals surface area contributed by atoms with E-state index >= 15 is 0 Å². The van der Waals surface area contributed by atoms with Crippen molar-refractivity contribution in [1.29, 1.82) is 0 Å². The molecule has 1 amide bonds. The Balaban J connectivity index is 2.72. The number of halogens is 1. The van der Waals surface area contributed by atoms with E-state index in [1.165, 1.54) is 19.2 Å². The summed E-state index contributed by atoms with van der Waals surface area (Å²) < 4.78 is 4.59. The Hall–Kier alpha value is -2.03. The molecule has 100 valence electrons. The van der Waals surface area contributed by atoms with Gasteiger partial charge in [-0.1, -0.05) is 17.5 Å². The summed E-state index contributed by atoms with van der Waals surface area (Å²) in [5, 5.41) is 5.62. The lowest BCUT2D eigenvalue weighted by molar-refractivity contribution is -0.115. The van der Waals surface area contributed by atoms with E-state index in [9.17, 15) is 9.59 Å². The van der Waals surface area contributed by atoms with Crippen molar-refractivity contribution < 1.29 is 14.3 Å². The molecule has 1 aromatic rings. The summed E-state index contributed by atoms with van der Waals surface area (Å²) in [7, 11) is 1.26. The standard InChI is InChI=1S/C13H13ClN2O3/c1-3-6-15-8-12(17)16-9-4-5-11(14)10(7-9)13(18)19-2/h1,4-5,7,15H,6,8H2,2H3,(H,16,17). The molecule has 0 unspecified atom stereocenters. The second kappa shape index (κ2) is 7.41. The van der Waals surface area contributed by atoms with Crippen LogP contribution in [0.1, 0.15) is 10.4 Å². The first kappa shape index (κ1) is 15.0. The molecule has 0 aromatic heterocycles. The highest BCUT2D eigenvalue weighted by Crippen LogP contribution is 2.21. The Morgan fingerprint density at radius 2 is 2.21 bits per heavy atom. The number of hydrogen-bond acceptors (Lipinski definition) is 4. The van der Waals surface area contributed by atoms with Gasteiger partial charge in [0.05, 0.1) is 30.8 Å². The number of terminal acetylenes is 1. The topological polar surface area (TPSA) is 67.4 Å². The lowest BCUT2D eigenvalue weighted by Gasteiger charge is -2.08. The van der Waals surface area contributed by atoms with E-state index < -0.39 is 5.97 Å². The predicted molar refractivity (Wildman–Crippen MR) is 73.1 cm³/mol. The molecule has 19 heavy (non-hydrogen) atoms. The van der Waals surface area contributed by atoms with Gasteiger partial charge in [0.15, 0.2) is 0 Å². The highest BCUT2D eigenvalue weighted by atomic mass is 35.5. The van der Waals surface area contributed by atoms with Gasteiger partial charge >= 0.3 is 5.97 Å². The number of rotatable bonds is 5. The average molecular weight is 281 g/mol. The highest BCUT2D eigenvalue weighted by Gasteiger charge is 2.12. The van der Waals surface area contributed by atoms with Crippen molar-refractivity contribution in [2.75, 3.05) is 25.5 Å². The fraction of sp³-hybridized carbons (Fsp3) is 0.231. The molecule has 1 rings (SSSR count). The number of carbonyl (C=O) groups excluding carboxylic acids is 2. The third-order valence-corrected chi connectivity index (χ3v) is 2.50. The number of nitrogens with one attached hydrogen (secondary N) is 2. The molecule has 0 radical (unpaired) electrons. The summed E-state index contributed by atoms with van der Waals surface area (Å²) in [5.41, 5.74) is 0.649. The molecule has 0 saturated carbocycles. The van der Waals surface area contributed by atoms with Gasteiger partial charge in [0, 0.05) is 5.69 Å². The smallest absolute Gasteiger partial charge is 0.339 e. The first-order chi connectivity index (χ1) is 9.08. The predicted octanol–water partition coefficient (Wildman–Crippen LogP) is 1.29. The highest BCUT2D eigenvalue weighted by molar-refractivity contribution is 6.33. The Bertz CT molecular complexity index is 523. The van der Waals surface area contributed by atoms with Crippen LogP contribution >= 0.6 is 11.6 Å². The van der Waals surface area contributed by atoms with Gasteiger partial charge in [-0.3, -0.25) is 10.1 Å². The number of anilines is 1. The Labute approximate surface area is 116 Å². The molecule has 0 atom stereocenters. The van der Waals surface area contributed by atoms with Gasteiger partial charge in [0.2, 0.25) is 5.91 Å². The zero-order valence-corrected chi connectivity index (χ0v) is 11.1. The number of hydrogen-bond donors (Lipinski definition) is 2. The molecular weight excluding hydrogens is 268 g/mol. The van der Waals surface area contributed by atoms with Crippen LogP contribution in [0.5, 0.6) is 0 Å². The maximum absolute atomic E-state index is 11.5. The molecule has 0 saturated heterocycles. The Morgan fingerprint density at radius 1 is 1.47 bits per heavy atom. The molecule has 1 aromatic carbocycles. The third-order valence-electron chi connectivity index (χ3n) is 2.17. The summed E-state index contributed by atoms with van der Waals surface area (Å²) in [5.74, 6) is 1.52. The van der Waals surface area contributed by atoms with Gasteiger partial charge in [0.25, 0.3) is 0 Å². The fourth-order valence-electron chi connectivity index (χ4n) is 1.32. The van der Waals surface area contributed by atoms with E-state index in [1.54, 1.807) is 6.07 Å². The minimum Gasteiger partial charge on any atom is -0.465 e.